The molecule has 0 heterocycles. The van der Waals surface area contributed by atoms with Gasteiger partial charge >= 0.3 is 0 Å². The molecule has 1 unspecified atom stereocenters. The highest BCUT2D eigenvalue weighted by Gasteiger charge is 2.14. The Labute approximate surface area is 112 Å². The van der Waals surface area contributed by atoms with Crippen LogP contribution in [0.2, 0.25) is 0 Å². The van der Waals surface area contributed by atoms with Crippen LogP contribution in [0.4, 0.5) is 15.8 Å². The van der Waals surface area contributed by atoms with E-state index in [1.807, 2.05) is 6.92 Å². The van der Waals surface area contributed by atoms with Crippen molar-refractivity contribution in [2.24, 2.45) is 5.92 Å². The van der Waals surface area contributed by atoms with Gasteiger partial charge in [-0.2, -0.15) is 0 Å². The van der Waals surface area contributed by atoms with E-state index in [-0.39, 0.29) is 23.4 Å². The Bertz CT molecular complexity index is 475. The third kappa shape index (κ3) is 4.69. The molecule has 0 radical (unpaired) electrons. The van der Waals surface area contributed by atoms with Crippen molar-refractivity contribution in [3.05, 3.63) is 24.0 Å². The fourth-order valence-corrected chi connectivity index (χ4v) is 1.72. The SMILES string of the molecule is CCCC(C)C(=O)Nc1cc(NC(C)=O)ccc1F. The van der Waals surface area contributed by atoms with E-state index in [0.29, 0.717) is 5.69 Å². The summed E-state index contributed by atoms with van der Waals surface area (Å²) in [5, 5.41) is 5.09. The Kier molecular flexibility index (Phi) is 5.48. The topological polar surface area (TPSA) is 58.2 Å². The summed E-state index contributed by atoms with van der Waals surface area (Å²) in [4.78, 5) is 22.8. The average Bonchev–Trinajstić information content (AvgIpc) is 2.33. The van der Waals surface area contributed by atoms with Gasteiger partial charge in [-0.15, -0.1) is 0 Å². The van der Waals surface area contributed by atoms with Crippen LogP contribution < -0.4 is 10.6 Å². The van der Waals surface area contributed by atoms with Gasteiger partial charge in [0.2, 0.25) is 11.8 Å². The second-order valence-corrected chi connectivity index (χ2v) is 4.55. The molecule has 1 rings (SSSR count). The summed E-state index contributed by atoms with van der Waals surface area (Å²) in [6.45, 7) is 5.15. The molecule has 2 N–H and O–H groups in total. The summed E-state index contributed by atoms with van der Waals surface area (Å²) in [6, 6.07) is 4.07. The predicted octanol–water partition coefficient (Wildman–Crippen LogP) is 3.16. The minimum Gasteiger partial charge on any atom is -0.326 e. The molecule has 0 spiro atoms. The molecule has 0 aromatic heterocycles. The van der Waals surface area contributed by atoms with Gasteiger partial charge in [0.05, 0.1) is 5.69 Å². The van der Waals surface area contributed by atoms with Crippen molar-refractivity contribution in [3.8, 4) is 0 Å². The molecule has 0 aliphatic rings. The smallest absolute Gasteiger partial charge is 0.227 e. The van der Waals surface area contributed by atoms with Gasteiger partial charge in [-0.3, -0.25) is 9.59 Å². The summed E-state index contributed by atoms with van der Waals surface area (Å²) in [6.07, 6.45) is 1.64. The van der Waals surface area contributed by atoms with Crippen LogP contribution >= 0.6 is 0 Å². The van der Waals surface area contributed by atoms with Crippen molar-refractivity contribution in [3.63, 3.8) is 0 Å². The van der Waals surface area contributed by atoms with Crippen LogP contribution in [0.1, 0.15) is 33.6 Å². The third-order valence-electron chi connectivity index (χ3n) is 2.71. The number of carbonyl (C=O) groups excluding carboxylic acids is 2. The number of amides is 2. The normalized spacial score (nSPS) is 11.8. The number of halogens is 1. The summed E-state index contributed by atoms with van der Waals surface area (Å²) >= 11 is 0. The molecular formula is C14H19FN2O2. The first-order chi connectivity index (χ1) is 8.93. The van der Waals surface area contributed by atoms with E-state index >= 15 is 0 Å². The molecule has 0 fully saturated rings. The zero-order valence-corrected chi connectivity index (χ0v) is 11.4. The number of anilines is 2. The first kappa shape index (κ1) is 15.1. The molecule has 2 amide bonds. The number of hydrogen-bond donors (Lipinski definition) is 2. The lowest BCUT2D eigenvalue weighted by Gasteiger charge is -2.13. The van der Waals surface area contributed by atoms with Crippen LogP contribution in [0, 0.1) is 11.7 Å². The van der Waals surface area contributed by atoms with Gasteiger partial charge in [-0.25, -0.2) is 4.39 Å². The molecule has 0 aliphatic heterocycles. The van der Waals surface area contributed by atoms with E-state index in [4.69, 9.17) is 0 Å². The fourth-order valence-electron chi connectivity index (χ4n) is 1.72. The Hall–Kier alpha value is -1.91. The maximum absolute atomic E-state index is 13.6. The first-order valence-corrected chi connectivity index (χ1v) is 6.32. The molecule has 5 heteroatoms. The maximum Gasteiger partial charge on any atom is 0.227 e. The van der Waals surface area contributed by atoms with E-state index < -0.39 is 5.82 Å². The first-order valence-electron chi connectivity index (χ1n) is 6.32. The Balaban J connectivity index is 2.82. The minimum absolute atomic E-state index is 0.0826. The predicted molar refractivity (Wildman–Crippen MR) is 73.4 cm³/mol. The van der Waals surface area contributed by atoms with Crippen LogP contribution in [0.3, 0.4) is 0 Å². The zero-order valence-electron chi connectivity index (χ0n) is 11.4. The molecule has 0 saturated carbocycles. The van der Waals surface area contributed by atoms with Crippen LogP contribution in [-0.2, 0) is 9.59 Å². The van der Waals surface area contributed by atoms with Gasteiger partial charge in [0.25, 0.3) is 0 Å². The molecule has 0 saturated heterocycles. The van der Waals surface area contributed by atoms with Gasteiger partial charge in [-0.05, 0) is 24.6 Å². The van der Waals surface area contributed by atoms with Crippen molar-refractivity contribution >= 4 is 23.2 Å². The van der Waals surface area contributed by atoms with E-state index in [1.54, 1.807) is 6.92 Å². The van der Waals surface area contributed by atoms with Crippen LogP contribution in [0.15, 0.2) is 18.2 Å². The van der Waals surface area contributed by atoms with E-state index in [1.165, 1.54) is 25.1 Å². The van der Waals surface area contributed by atoms with E-state index in [9.17, 15) is 14.0 Å². The van der Waals surface area contributed by atoms with Gasteiger partial charge < -0.3 is 10.6 Å². The minimum atomic E-state index is -0.522. The van der Waals surface area contributed by atoms with Crippen LogP contribution in [-0.4, -0.2) is 11.8 Å². The summed E-state index contributed by atoms with van der Waals surface area (Å²) in [5.74, 6) is -1.16. The van der Waals surface area contributed by atoms with Crippen molar-refractivity contribution in [2.45, 2.75) is 33.6 Å². The van der Waals surface area contributed by atoms with Gasteiger partial charge in [0, 0.05) is 18.5 Å². The molecule has 104 valence electrons. The summed E-state index contributed by atoms with van der Waals surface area (Å²) in [5.41, 5.74) is 0.534. The number of hydrogen-bond acceptors (Lipinski definition) is 2. The lowest BCUT2D eigenvalue weighted by Crippen LogP contribution is -2.21. The van der Waals surface area contributed by atoms with Gasteiger partial charge in [0.15, 0.2) is 0 Å². The largest absolute Gasteiger partial charge is 0.326 e. The Morgan fingerprint density at radius 3 is 2.58 bits per heavy atom. The van der Waals surface area contributed by atoms with Crippen LogP contribution in [0.5, 0.6) is 0 Å². The zero-order chi connectivity index (χ0) is 14.4. The lowest BCUT2D eigenvalue weighted by atomic mass is 10.1. The molecule has 1 aromatic carbocycles. The second kappa shape index (κ2) is 6.87. The number of carbonyl (C=O) groups is 2. The van der Waals surface area contributed by atoms with E-state index in [0.717, 1.165) is 12.8 Å². The highest BCUT2D eigenvalue weighted by Crippen LogP contribution is 2.21. The summed E-state index contributed by atoms with van der Waals surface area (Å²) < 4.78 is 13.6. The second-order valence-electron chi connectivity index (χ2n) is 4.55. The monoisotopic (exact) mass is 266 g/mol. The average molecular weight is 266 g/mol. The highest BCUT2D eigenvalue weighted by atomic mass is 19.1. The molecular weight excluding hydrogens is 247 g/mol. The van der Waals surface area contributed by atoms with E-state index in [2.05, 4.69) is 10.6 Å². The molecule has 19 heavy (non-hydrogen) atoms. The molecule has 4 nitrogen and oxygen atoms in total. The van der Waals surface area contributed by atoms with Crippen molar-refractivity contribution in [1.82, 2.24) is 0 Å². The summed E-state index contributed by atoms with van der Waals surface area (Å²) in [7, 11) is 0. The Morgan fingerprint density at radius 2 is 2.00 bits per heavy atom. The molecule has 0 aliphatic carbocycles. The fraction of sp³-hybridized carbons (Fsp3) is 0.429. The molecule has 1 aromatic rings. The van der Waals surface area contributed by atoms with Crippen LogP contribution in [0.25, 0.3) is 0 Å². The van der Waals surface area contributed by atoms with Crippen molar-refractivity contribution in [1.29, 1.82) is 0 Å². The van der Waals surface area contributed by atoms with Gasteiger partial charge in [-0.1, -0.05) is 20.3 Å². The van der Waals surface area contributed by atoms with Crippen molar-refractivity contribution in [2.75, 3.05) is 10.6 Å². The quantitative estimate of drug-likeness (QED) is 0.860. The standard InChI is InChI=1S/C14H19FN2O2/c1-4-5-9(2)14(19)17-13-8-11(16-10(3)18)6-7-12(13)15/h6-9H,4-5H2,1-3H3,(H,16,18)(H,17,19). The van der Waals surface area contributed by atoms with Crippen molar-refractivity contribution < 1.29 is 14.0 Å². The number of rotatable bonds is 5. The molecule has 0 bridgehead atoms. The molecule has 1 atom stereocenters. The lowest BCUT2D eigenvalue weighted by molar-refractivity contribution is -0.119. The Morgan fingerprint density at radius 1 is 1.32 bits per heavy atom. The maximum atomic E-state index is 13.6. The highest BCUT2D eigenvalue weighted by molar-refractivity contribution is 5.94. The third-order valence-corrected chi connectivity index (χ3v) is 2.71. The number of nitrogens with one attached hydrogen (secondary N) is 2. The van der Waals surface area contributed by atoms with Gasteiger partial charge in [0.1, 0.15) is 5.82 Å². The number of benzene rings is 1.